The van der Waals surface area contributed by atoms with E-state index in [-0.39, 0.29) is 12.3 Å². The van der Waals surface area contributed by atoms with E-state index in [1.807, 2.05) is 18.2 Å². The fourth-order valence-corrected chi connectivity index (χ4v) is 4.43. The molecular formula is C17H14N4O4S2. The lowest BCUT2D eigenvalue weighted by Crippen LogP contribution is -2.00. The number of ether oxygens (including phenoxy) is 1. The summed E-state index contributed by atoms with van der Waals surface area (Å²) in [5.74, 6) is 0. The van der Waals surface area contributed by atoms with Crippen LogP contribution in [0.5, 0.6) is 0 Å². The monoisotopic (exact) mass is 402 g/mol. The van der Waals surface area contributed by atoms with Crippen LogP contribution in [0, 0.1) is 10.1 Å². The molecule has 2 heterocycles. The van der Waals surface area contributed by atoms with E-state index in [0.29, 0.717) is 6.61 Å². The van der Waals surface area contributed by atoms with Gasteiger partial charge in [-0.05, 0) is 24.3 Å². The van der Waals surface area contributed by atoms with Gasteiger partial charge in [-0.25, -0.2) is 9.97 Å². The summed E-state index contributed by atoms with van der Waals surface area (Å²) in [5.41, 5.74) is 5.42. The summed E-state index contributed by atoms with van der Waals surface area (Å²) < 4.78 is 6.92. The van der Waals surface area contributed by atoms with Gasteiger partial charge in [0.1, 0.15) is 16.6 Å². The van der Waals surface area contributed by atoms with Crippen LogP contribution in [-0.4, -0.2) is 22.0 Å². The zero-order valence-electron chi connectivity index (χ0n) is 14.2. The van der Waals surface area contributed by atoms with Crippen molar-refractivity contribution in [2.45, 2.75) is 13.2 Å². The molecule has 0 amide bonds. The van der Waals surface area contributed by atoms with Crippen molar-refractivity contribution in [2.75, 3.05) is 12.6 Å². The van der Waals surface area contributed by atoms with Gasteiger partial charge in [-0.2, -0.15) is 0 Å². The molecule has 1 N–H and O–H groups in total. The third kappa shape index (κ3) is 3.88. The van der Waals surface area contributed by atoms with Crippen LogP contribution in [0.25, 0.3) is 20.4 Å². The molecule has 0 radical (unpaired) electrons. The van der Waals surface area contributed by atoms with Crippen molar-refractivity contribution in [3.05, 3.63) is 56.5 Å². The van der Waals surface area contributed by atoms with Crippen LogP contribution >= 0.6 is 22.7 Å². The predicted octanol–water partition coefficient (Wildman–Crippen LogP) is 4.50. The number of benzene rings is 2. The Kier molecular flexibility index (Phi) is 4.94. The van der Waals surface area contributed by atoms with Crippen molar-refractivity contribution in [1.82, 2.24) is 9.97 Å². The average molecular weight is 402 g/mol. The first kappa shape index (κ1) is 17.7. The number of nitrogens with one attached hydrogen (secondary N) is 1. The highest BCUT2D eigenvalue weighted by atomic mass is 32.1. The lowest BCUT2D eigenvalue weighted by atomic mass is 10.3. The molecule has 0 bridgehead atoms. The maximum absolute atomic E-state index is 10.9. The summed E-state index contributed by atoms with van der Waals surface area (Å²) in [6.45, 7) is 0.747. The molecule has 0 saturated heterocycles. The van der Waals surface area contributed by atoms with Crippen molar-refractivity contribution in [3.8, 4) is 0 Å². The first-order valence-electron chi connectivity index (χ1n) is 7.92. The molecule has 0 aliphatic carbocycles. The van der Waals surface area contributed by atoms with Gasteiger partial charge in [-0.15, -0.1) is 22.7 Å². The molecule has 2 aromatic carbocycles. The minimum absolute atomic E-state index is 0.0578. The standard InChI is InChI=1S/C17H14N4O4S2/c1-24-8-16-18-12-4-2-10(6-14(12)26-16)20-25-9-17-19-13-5-3-11(21(22)23)7-15(13)27-17/h2-7,20H,8-9H2,1H3. The molecule has 27 heavy (non-hydrogen) atoms. The van der Waals surface area contributed by atoms with Crippen LogP contribution in [0.3, 0.4) is 0 Å². The topological polar surface area (TPSA) is 99.4 Å². The number of hydrogen-bond donors (Lipinski definition) is 1. The van der Waals surface area contributed by atoms with E-state index in [1.165, 1.54) is 23.5 Å². The number of thiazole rings is 2. The molecule has 0 fully saturated rings. The third-order valence-electron chi connectivity index (χ3n) is 3.71. The number of methoxy groups -OCH3 is 1. The van der Waals surface area contributed by atoms with Crippen molar-refractivity contribution in [3.63, 3.8) is 0 Å². The van der Waals surface area contributed by atoms with Crippen LogP contribution in [0.1, 0.15) is 10.0 Å². The third-order valence-corrected chi connectivity index (χ3v) is 5.70. The van der Waals surface area contributed by atoms with Gasteiger partial charge in [0.2, 0.25) is 0 Å². The summed E-state index contributed by atoms with van der Waals surface area (Å²) in [5, 5.41) is 12.5. The largest absolute Gasteiger partial charge is 0.378 e. The molecule has 0 aliphatic rings. The molecular weight excluding hydrogens is 388 g/mol. The van der Waals surface area contributed by atoms with Crippen LogP contribution in [0.15, 0.2) is 36.4 Å². The molecule has 8 nitrogen and oxygen atoms in total. The van der Waals surface area contributed by atoms with Crippen molar-refractivity contribution in [1.29, 1.82) is 0 Å². The van der Waals surface area contributed by atoms with E-state index in [4.69, 9.17) is 9.57 Å². The molecule has 0 atom stereocenters. The summed E-state index contributed by atoms with van der Waals surface area (Å²) in [6.07, 6.45) is 0. The number of nitrogens with zero attached hydrogens (tertiary/aromatic N) is 3. The average Bonchev–Trinajstić information content (AvgIpc) is 3.23. The second-order valence-electron chi connectivity index (χ2n) is 5.63. The van der Waals surface area contributed by atoms with E-state index in [1.54, 1.807) is 24.5 Å². The van der Waals surface area contributed by atoms with Crippen molar-refractivity contribution < 1.29 is 14.5 Å². The second-order valence-corrected chi connectivity index (χ2v) is 7.86. The van der Waals surface area contributed by atoms with Gasteiger partial charge in [0.15, 0.2) is 0 Å². The Morgan fingerprint density at radius 1 is 1.04 bits per heavy atom. The zero-order chi connectivity index (χ0) is 18.8. The molecule has 2 aromatic heterocycles. The van der Waals surface area contributed by atoms with E-state index in [9.17, 15) is 10.1 Å². The molecule has 0 spiro atoms. The smallest absolute Gasteiger partial charge is 0.270 e. The zero-order valence-corrected chi connectivity index (χ0v) is 15.8. The normalized spacial score (nSPS) is 11.3. The van der Waals surface area contributed by atoms with Gasteiger partial charge >= 0.3 is 0 Å². The second kappa shape index (κ2) is 7.53. The molecule has 4 rings (SSSR count). The molecule has 4 aromatic rings. The van der Waals surface area contributed by atoms with Gasteiger partial charge < -0.3 is 4.74 Å². The van der Waals surface area contributed by atoms with E-state index in [0.717, 1.165) is 36.1 Å². The van der Waals surface area contributed by atoms with Gasteiger partial charge in [-0.3, -0.25) is 20.4 Å². The Balaban J connectivity index is 1.42. The summed E-state index contributed by atoms with van der Waals surface area (Å²) >= 11 is 2.95. The number of aromatic nitrogens is 2. The Morgan fingerprint density at radius 2 is 1.70 bits per heavy atom. The fraction of sp³-hybridized carbons (Fsp3) is 0.176. The quantitative estimate of drug-likeness (QED) is 0.359. The molecule has 0 saturated carbocycles. The Labute approximate surface area is 161 Å². The Bertz CT molecular complexity index is 1120. The molecule has 0 unspecified atom stereocenters. The number of hydrogen-bond acceptors (Lipinski definition) is 9. The highest BCUT2D eigenvalue weighted by Crippen LogP contribution is 2.28. The van der Waals surface area contributed by atoms with Gasteiger partial charge in [0.25, 0.3) is 5.69 Å². The minimum atomic E-state index is -0.412. The maximum atomic E-state index is 10.9. The van der Waals surface area contributed by atoms with Crippen LogP contribution in [-0.2, 0) is 22.8 Å². The lowest BCUT2D eigenvalue weighted by Gasteiger charge is -2.05. The van der Waals surface area contributed by atoms with E-state index >= 15 is 0 Å². The first-order valence-corrected chi connectivity index (χ1v) is 9.56. The minimum Gasteiger partial charge on any atom is -0.378 e. The van der Waals surface area contributed by atoms with Crippen molar-refractivity contribution >= 4 is 54.5 Å². The number of rotatable bonds is 7. The molecule has 0 aliphatic heterocycles. The number of nitro groups is 1. The van der Waals surface area contributed by atoms with E-state index < -0.39 is 4.92 Å². The van der Waals surface area contributed by atoms with Crippen LogP contribution < -0.4 is 5.48 Å². The Morgan fingerprint density at radius 3 is 2.41 bits per heavy atom. The number of anilines is 1. The molecule has 138 valence electrons. The summed E-state index contributed by atoms with van der Waals surface area (Å²) in [7, 11) is 1.65. The maximum Gasteiger partial charge on any atom is 0.270 e. The van der Waals surface area contributed by atoms with Crippen LogP contribution in [0.4, 0.5) is 11.4 Å². The van der Waals surface area contributed by atoms with E-state index in [2.05, 4.69) is 15.4 Å². The highest BCUT2D eigenvalue weighted by molar-refractivity contribution is 7.18. The number of fused-ring (bicyclic) bond motifs is 2. The number of nitro benzene ring substituents is 1. The number of non-ortho nitro benzene ring substituents is 1. The summed E-state index contributed by atoms with van der Waals surface area (Å²) in [4.78, 5) is 24.9. The van der Waals surface area contributed by atoms with Crippen LogP contribution in [0.2, 0.25) is 0 Å². The van der Waals surface area contributed by atoms with Gasteiger partial charge in [-0.1, -0.05) is 0 Å². The SMILES string of the molecule is COCc1nc2ccc(NOCc3nc4ccc([N+](=O)[O-])cc4s3)cc2s1. The first-order chi connectivity index (χ1) is 13.1. The fourth-order valence-electron chi connectivity index (χ4n) is 2.54. The van der Waals surface area contributed by atoms with Crippen molar-refractivity contribution in [2.24, 2.45) is 0 Å². The highest BCUT2D eigenvalue weighted by Gasteiger charge is 2.10. The van der Waals surface area contributed by atoms with Gasteiger partial charge in [0.05, 0.1) is 37.7 Å². The van der Waals surface area contributed by atoms with Gasteiger partial charge in [0, 0.05) is 19.2 Å². The molecule has 10 heteroatoms. The summed E-state index contributed by atoms with van der Waals surface area (Å²) in [6, 6.07) is 10.4. The predicted molar refractivity (Wildman–Crippen MR) is 105 cm³/mol. The Hall–Kier alpha value is -2.66. The lowest BCUT2D eigenvalue weighted by molar-refractivity contribution is -0.384.